The van der Waals surface area contributed by atoms with E-state index in [-0.39, 0.29) is 5.56 Å². The second-order valence-electron chi connectivity index (χ2n) is 3.58. The number of aromatic carboxylic acids is 1. The molecule has 3 heterocycles. The van der Waals surface area contributed by atoms with Crippen molar-refractivity contribution in [2.45, 2.75) is 0 Å². The fourth-order valence-electron chi connectivity index (χ4n) is 1.66. The van der Waals surface area contributed by atoms with Gasteiger partial charge in [-0.1, -0.05) is 0 Å². The first-order valence-corrected chi connectivity index (χ1v) is 4.85. The Labute approximate surface area is 94.9 Å². The topological polar surface area (TPSA) is 85.6 Å². The maximum Gasteiger partial charge on any atom is 0.339 e. The number of imidazole rings is 1. The summed E-state index contributed by atoms with van der Waals surface area (Å²) in [6.45, 7) is 0. The second-order valence-corrected chi connectivity index (χ2v) is 3.58. The Hall–Kier alpha value is -2.57. The van der Waals surface area contributed by atoms with Crippen molar-refractivity contribution in [2.24, 2.45) is 7.05 Å². The van der Waals surface area contributed by atoms with Crippen molar-refractivity contribution < 1.29 is 14.3 Å². The van der Waals surface area contributed by atoms with Crippen LogP contribution in [0.5, 0.6) is 0 Å². The van der Waals surface area contributed by atoms with Crippen molar-refractivity contribution in [1.82, 2.24) is 19.2 Å². The molecular weight excluding hydrogens is 224 g/mol. The SMILES string of the molecule is Cn1cc(C(=O)O)c(-c2cn3ccnc3o2)n1. The number of carbonyl (C=O) groups is 1. The molecule has 0 aliphatic rings. The van der Waals surface area contributed by atoms with E-state index in [1.54, 1.807) is 30.0 Å². The van der Waals surface area contributed by atoms with Gasteiger partial charge in [-0.15, -0.1) is 0 Å². The monoisotopic (exact) mass is 232 g/mol. The minimum Gasteiger partial charge on any atom is -0.478 e. The molecule has 0 aliphatic carbocycles. The van der Waals surface area contributed by atoms with Gasteiger partial charge in [0.25, 0.3) is 0 Å². The lowest BCUT2D eigenvalue weighted by molar-refractivity contribution is 0.0697. The highest BCUT2D eigenvalue weighted by atomic mass is 16.4. The number of hydrogen-bond donors (Lipinski definition) is 1. The van der Waals surface area contributed by atoms with E-state index in [1.807, 2.05) is 0 Å². The lowest BCUT2D eigenvalue weighted by atomic mass is 10.2. The molecule has 86 valence electrons. The molecule has 7 heteroatoms. The van der Waals surface area contributed by atoms with Gasteiger partial charge in [-0.2, -0.15) is 5.10 Å². The van der Waals surface area contributed by atoms with E-state index in [4.69, 9.17) is 9.52 Å². The van der Waals surface area contributed by atoms with Crippen molar-refractivity contribution in [2.75, 3.05) is 0 Å². The molecule has 0 saturated carbocycles. The fraction of sp³-hybridized carbons (Fsp3) is 0.100. The third-order valence-corrected chi connectivity index (χ3v) is 2.38. The summed E-state index contributed by atoms with van der Waals surface area (Å²) in [5, 5.41) is 13.1. The van der Waals surface area contributed by atoms with Crippen molar-refractivity contribution in [1.29, 1.82) is 0 Å². The van der Waals surface area contributed by atoms with Crippen LogP contribution in [0.4, 0.5) is 0 Å². The highest BCUT2D eigenvalue weighted by molar-refractivity contribution is 5.93. The number of carboxylic acids is 1. The minimum atomic E-state index is -1.04. The Morgan fingerprint density at radius 2 is 2.29 bits per heavy atom. The lowest BCUT2D eigenvalue weighted by Gasteiger charge is -1.91. The van der Waals surface area contributed by atoms with Gasteiger partial charge in [0, 0.05) is 25.6 Å². The van der Waals surface area contributed by atoms with Crippen molar-refractivity contribution in [3.05, 3.63) is 30.4 Å². The van der Waals surface area contributed by atoms with E-state index >= 15 is 0 Å². The quantitative estimate of drug-likeness (QED) is 0.713. The van der Waals surface area contributed by atoms with E-state index in [2.05, 4.69) is 10.1 Å². The first-order chi connectivity index (χ1) is 8.15. The summed E-state index contributed by atoms with van der Waals surface area (Å²) < 4.78 is 8.51. The number of oxazole rings is 1. The van der Waals surface area contributed by atoms with Gasteiger partial charge >= 0.3 is 11.8 Å². The van der Waals surface area contributed by atoms with Crippen LogP contribution in [0, 0.1) is 0 Å². The first-order valence-electron chi connectivity index (χ1n) is 4.85. The summed E-state index contributed by atoms with van der Waals surface area (Å²) in [5.74, 6) is -0.254. The lowest BCUT2D eigenvalue weighted by Crippen LogP contribution is -1.96. The van der Waals surface area contributed by atoms with E-state index < -0.39 is 5.97 Å². The van der Waals surface area contributed by atoms with Gasteiger partial charge in [0.05, 0.1) is 6.20 Å². The Balaban J connectivity index is 2.21. The Morgan fingerprint density at radius 1 is 1.47 bits per heavy atom. The van der Waals surface area contributed by atoms with E-state index in [0.29, 0.717) is 17.3 Å². The summed E-state index contributed by atoms with van der Waals surface area (Å²) in [5.41, 5.74) is 0.398. The molecule has 0 aromatic carbocycles. The molecule has 0 unspecified atom stereocenters. The van der Waals surface area contributed by atoms with Gasteiger partial charge in [0.1, 0.15) is 11.3 Å². The van der Waals surface area contributed by atoms with Crippen molar-refractivity contribution >= 4 is 11.8 Å². The predicted molar refractivity (Wildman–Crippen MR) is 56.6 cm³/mol. The van der Waals surface area contributed by atoms with Gasteiger partial charge in [-0.3, -0.25) is 9.08 Å². The average molecular weight is 232 g/mol. The Kier molecular flexibility index (Phi) is 1.82. The highest BCUT2D eigenvalue weighted by Crippen LogP contribution is 2.24. The zero-order valence-electron chi connectivity index (χ0n) is 8.86. The standard InChI is InChI=1S/C10H8N4O3/c1-13-4-6(9(15)16)8(12-13)7-5-14-3-2-11-10(14)17-7/h2-5H,1H3,(H,15,16). The summed E-state index contributed by atoms with van der Waals surface area (Å²) in [7, 11) is 1.66. The van der Waals surface area contributed by atoms with Crippen LogP contribution in [-0.4, -0.2) is 30.2 Å². The molecule has 0 spiro atoms. The number of nitrogens with zero attached hydrogens (tertiary/aromatic N) is 4. The fourth-order valence-corrected chi connectivity index (χ4v) is 1.66. The molecule has 0 bridgehead atoms. The maximum absolute atomic E-state index is 11.0. The number of hydrogen-bond acceptors (Lipinski definition) is 4. The zero-order chi connectivity index (χ0) is 12.0. The van der Waals surface area contributed by atoms with Gasteiger partial charge in [0.2, 0.25) is 0 Å². The number of aromatic nitrogens is 4. The molecule has 0 fully saturated rings. The van der Waals surface area contributed by atoms with Crippen LogP contribution >= 0.6 is 0 Å². The van der Waals surface area contributed by atoms with Gasteiger partial charge in [0.15, 0.2) is 5.76 Å². The summed E-state index contributed by atoms with van der Waals surface area (Å²) in [6, 6.07) is 0. The van der Waals surface area contributed by atoms with E-state index in [9.17, 15) is 4.79 Å². The molecule has 1 N–H and O–H groups in total. The Morgan fingerprint density at radius 3 is 3.00 bits per heavy atom. The number of carboxylic acid groups (broad SMARTS) is 1. The maximum atomic E-state index is 11.0. The number of fused-ring (bicyclic) bond motifs is 1. The predicted octanol–water partition coefficient (Wildman–Crippen LogP) is 1.03. The van der Waals surface area contributed by atoms with Gasteiger partial charge in [-0.05, 0) is 0 Å². The second kappa shape index (κ2) is 3.21. The first kappa shape index (κ1) is 9.64. The molecule has 0 radical (unpaired) electrons. The molecule has 17 heavy (non-hydrogen) atoms. The molecule has 0 aliphatic heterocycles. The minimum absolute atomic E-state index is 0.101. The normalized spacial score (nSPS) is 11.1. The summed E-state index contributed by atoms with van der Waals surface area (Å²) in [4.78, 5) is 15.0. The molecule has 3 aromatic heterocycles. The Bertz CT molecular complexity index is 678. The third kappa shape index (κ3) is 1.40. The number of aryl methyl sites for hydroxylation is 1. The highest BCUT2D eigenvalue weighted by Gasteiger charge is 2.19. The van der Waals surface area contributed by atoms with Crippen LogP contribution in [0.25, 0.3) is 17.3 Å². The van der Waals surface area contributed by atoms with Crippen LogP contribution in [0.2, 0.25) is 0 Å². The molecule has 3 rings (SSSR count). The molecule has 7 nitrogen and oxygen atoms in total. The van der Waals surface area contributed by atoms with Crippen LogP contribution in [0.3, 0.4) is 0 Å². The molecule has 0 amide bonds. The molecule has 0 saturated heterocycles. The van der Waals surface area contributed by atoms with Crippen molar-refractivity contribution in [3.63, 3.8) is 0 Å². The van der Waals surface area contributed by atoms with E-state index in [0.717, 1.165) is 0 Å². The van der Waals surface area contributed by atoms with Gasteiger partial charge in [-0.25, -0.2) is 9.78 Å². The summed E-state index contributed by atoms with van der Waals surface area (Å²) in [6.07, 6.45) is 6.39. The molecular formula is C10H8N4O3. The third-order valence-electron chi connectivity index (χ3n) is 2.38. The molecule has 0 atom stereocenters. The summed E-state index contributed by atoms with van der Waals surface area (Å²) >= 11 is 0. The van der Waals surface area contributed by atoms with Gasteiger partial charge < -0.3 is 9.52 Å². The number of rotatable bonds is 2. The van der Waals surface area contributed by atoms with Crippen LogP contribution in [0.15, 0.2) is 29.2 Å². The largest absolute Gasteiger partial charge is 0.478 e. The smallest absolute Gasteiger partial charge is 0.339 e. The van der Waals surface area contributed by atoms with Crippen LogP contribution in [0.1, 0.15) is 10.4 Å². The van der Waals surface area contributed by atoms with E-state index in [1.165, 1.54) is 10.9 Å². The van der Waals surface area contributed by atoms with Crippen LogP contribution in [-0.2, 0) is 7.05 Å². The molecule has 3 aromatic rings. The zero-order valence-corrected chi connectivity index (χ0v) is 8.86. The average Bonchev–Trinajstić information content (AvgIpc) is 2.87. The van der Waals surface area contributed by atoms with Crippen LogP contribution < -0.4 is 0 Å². The van der Waals surface area contributed by atoms with Crippen molar-refractivity contribution in [3.8, 4) is 11.5 Å².